The maximum atomic E-state index is 14.5. The highest BCUT2D eigenvalue weighted by Crippen LogP contribution is 2.46. The van der Waals surface area contributed by atoms with Crippen molar-refractivity contribution < 1.29 is 55.0 Å². The van der Waals surface area contributed by atoms with Crippen molar-refractivity contribution >= 4 is 39.9 Å². The number of nitrogens with one attached hydrogen (secondary N) is 3. The summed E-state index contributed by atoms with van der Waals surface area (Å²) in [7, 11) is -4.88. The van der Waals surface area contributed by atoms with Gasteiger partial charge < -0.3 is 25.0 Å². The quantitative estimate of drug-likeness (QED) is 0.371. The maximum Gasteiger partial charge on any atom is 0.410 e. The molecular weight excluding hydrogens is 760 g/mol. The van der Waals surface area contributed by atoms with Gasteiger partial charge in [-0.15, -0.1) is 0 Å². The van der Waals surface area contributed by atoms with Gasteiger partial charge in [0.25, 0.3) is 15.9 Å². The number of rotatable bonds is 5. The number of halogens is 3. The maximum absolute atomic E-state index is 14.5. The van der Waals surface area contributed by atoms with Gasteiger partial charge in [0.2, 0.25) is 11.8 Å². The van der Waals surface area contributed by atoms with Crippen molar-refractivity contribution in [2.45, 2.75) is 113 Å². The van der Waals surface area contributed by atoms with Gasteiger partial charge >= 0.3 is 12.2 Å². The molecule has 3 heterocycles. The number of sulfonamides is 1. The lowest BCUT2D eigenvalue weighted by atomic mass is 10.0. The predicted molar refractivity (Wildman–Crippen MR) is 192 cm³/mol. The van der Waals surface area contributed by atoms with Crippen molar-refractivity contribution in [3.8, 4) is 0 Å². The van der Waals surface area contributed by atoms with Gasteiger partial charge in [0.05, 0.1) is 13.1 Å². The normalized spacial score (nSPS) is 26.0. The number of benzene rings is 2. The van der Waals surface area contributed by atoms with Crippen LogP contribution in [0, 0.1) is 23.4 Å². The van der Waals surface area contributed by atoms with Gasteiger partial charge in [-0.1, -0.05) is 37.1 Å². The largest absolute Gasteiger partial charge is 0.444 e. The monoisotopic (exact) mass is 803 g/mol. The number of fused-ring (bicyclic) bond motifs is 3. The van der Waals surface area contributed by atoms with Crippen LogP contribution >= 0.6 is 0 Å². The van der Waals surface area contributed by atoms with E-state index < -0.39 is 97.5 Å². The Kier molecular flexibility index (Phi) is 11.4. The minimum Gasteiger partial charge on any atom is -0.444 e. The highest BCUT2D eigenvalue weighted by molar-refractivity contribution is 7.90. The molecule has 1 saturated heterocycles. The summed E-state index contributed by atoms with van der Waals surface area (Å²) >= 11 is 0. The van der Waals surface area contributed by atoms with Crippen LogP contribution in [0.1, 0.15) is 76.8 Å². The number of ether oxygens (including phenoxy) is 2. The molecule has 56 heavy (non-hydrogen) atoms. The van der Waals surface area contributed by atoms with Gasteiger partial charge in [0.15, 0.2) is 0 Å². The number of allylic oxidation sites excluding steroid dienone is 1. The van der Waals surface area contributed by atoms with Crippen LogP contribution in [0.15, 0.2) is 53.4 Å². The molecule has 2 aromatic rings. The topological polar surface area (TPSA) is 181 Å². The average Bonchev–Trinajstić information content (AvgIpc) is 3.40. The van der Waals surface area contributed by atoms with Crippen molar-refractivity contribution in [2.24, 2.45) is 5.92 Å². The molecule has 0 aromatic heterocycles. The minimum absolute atomic E-state index is 0.0452. The fourth-order valence-corrected chi connectivity index (χ4v) is 8.40. The molecule has 0 spiro atoms. The molecule has 2 aromatic carbocycles. The van der Waals surface area contributed by atoms with Crippen LogP contribution in [0.25, 0.3) is 0 Å². The van der Waals surface area contributed by atoms with Crippen molar-refractivity contribution in [2.75, 3.05) is 6.54 Å². The van der Waals surface area contributed by atoms with Crippen LogP contribution in [0.5, 0.6) is 0 Å². The molecule has 18 heteroatoms. The standard InChI is InChI=1S/C38H44F3N5O9S/c1-37(2,3)55-35(50)42-29-13-8-6-4-5-7-11-23-18-38(23,34(49)44-56(52,53)31-15-14-24(39)16-28(31)41)43-32(47)30-17-25(20-46(30)33(29)48)54-36(51)45-19-22-10-9-12-27(40)26(22)21-45/h7,9-12,14-16,23,25,29-30H,4-6,8,13,17-21H2,1-3H3,(H,42,50)(H,43,47)(H,44,49)/b11-7-/t23-,25-,29+,30+,38-/m1/s1. The first-order chi connectivity index (χ1) is 26.4. The van der Waals surface area contributed by atoms with Crippen LogP contribution in [-0.4, -0.2) is 84.0 Å². The molecule has 0 bridgehead atoms. The van der Waals surface area contributed by atoms with Crippen LogP contribution in [0.2, 0.25) is 0 Å². The van der Waals surface area contributed by atoms with Gasteiger partial charge in [-0.2, -0.15) is 0 Å². The number of nitrogens with zero attached hydrogens (tertiary/aromatic N) is 2. The van der Waals surface area contributed by atoms with E-state index in [1.807, 2.05) is 4.72 Å². The zero-order chi connectivity index (χ0) is 40.6. The third-order valence-electron chi connectivity index (χ3n) is 10.2. The van der Waals surface area contributed by atoms with Gasteiger partial charge in [-0.25, -0.2) is 35.9 Å². The van der Waals surface area contributed by atoms with Gasteiger partial charge in [-0.05, 0) is 70.2 Å². The Balaban J connectivity index is 1.27. The molecule has 1 saturated carbocycles. The van der Waals surface area contributed by atoms with E-state index in [4.69, 9.17) is 9.47 Å². The molecule has 5 atom stereocenters. The summed E-state index contributed by atoms with van der Waals surface area (Å²) < 4.78 is 81.8. The molecule has 14 nitrogen and oxygen atoms in total. The first-order valence-electron chi connectivity index (χ1n) is 18.4. The Hall–Kier alpha value is -5.13. The second-order valence-corrected chi connectivity index (χ2v) is 17.2. The molecular formula is C38H44F3N5O9S. The lowest BCUT2D eigenvalue weighted by molar-refractivity contribution is -0.141. The third kappa shape index (κ3) is 8.95. The first kappa shape index (κ1) is 40.5. The lowest BCUT2D eigenvalue weighted by Crippen LogP contribution is -2.58. The lowest BCUT2D eigenvalue weighted by Gasteiger charge is -2.30. The van der Waals surface area contributed by atoms with E-state index in [0.29, 0.717) is 48.9 Å². The molecule has 302 valence electrons. The molecule has 0 unspecified atom stereocenters. The zero-order valence-electron chi connectivity index (χ0n) is 31.1. The second-order valence-electron chi connectivity index (χ2n) is 15.5. The Labute approximate surface area is 322 Å². The number of carbonyl (C=O) groups excluding carboxylic acids is 5. The molecule has 6 rings (SSSR count). The SMILES string of the molecule is CC(C)(C)OC(=O)N[C@H]1CCCCC/C=C\[C@@H]2C[C@@]2(C(=O)NS(=O)(=O)c2ccc(F)cc2F)NC(=O)[C@@H]2C[C@@H](OC(=O)N3Cc4cccc(F)c4C3)CN2C1=O. The number of hydrogen-bond acceptors (Lipinski definition) is 9. The molecule has 4 aliphatic rings. The summed E-state index contributed by atoms with van der Waals surface area (Å²) in [6, 6.07) is 3.71. The smallest absolute Gasteiger partial charge is 0.410 e. The van der Waals surface area contributed by atoms with E-state index in [9.17, 15) is 45.6 Å². The molecule has 5 amide bonds. The highest BCUT2D eigenvalue weighted by atomic mass is 32.2. The van der Waals surface area contributed by atoms with Crippen LogP contribution in [0.3, 0.4) is 0 Å². The summed E-state index contributed by atoms with van der Waals surface area (Å²) in [4.78, 5) is 70.2. The summed E-state index contributed by atoms with van der Waals surface area (Å²) in [6.07, 6.45) is 2.99. The number of hydrogen-bond donors (Lipinski definition) is 3. The van der Waals surface area contributed by atoms with Gasteiger partial charge in [0, 0.05) is 30.5 Å². The number of carbonyl (C=O) groups is 5. The molecule has 0 radical (unpaired) electrons. The number of amides is 5. The van der Waals surface area contributed by atoms with Gasteiger partial charge in [0.1, 0.15) is 51.7 Å². The predicted octanol–water partition coefficient (Wildman–Crippen LogP) is 4.32. The summed E-state index contributed by atoms with van der Waals surface area (Å²) in [5, 5.41) is 5.26. The van der Waals surface area contributed by atoms with Crippen molar-refractivity contribution in [3.63, 3.8) is 0 Å². The van der Waals surface area contributed by atoms with E-state index in [-0.39, 0.29) is 38.9 Å². The Morgan fingerprint density at radius 2 is 1.77 bits per heavy atom. The van der Waals surface area contributed by atoms with Crippen molar-refractivity contribution in [1.29, 1.82) is 0 Å². The van der Waals surface area contributed by atoms with E-state index in [1.54, 1.807) is 39.0 Å². The van der Waals surface area contributed by atoms with Crippen LogP contribution in [-0.2, 0) is 47.0 Å². The number of alkyl carbamates (subject to hydrolysis) is 1. The van der Waals surface area contributed by atoms with Crippen molar-refractivity contribution in [3.05, 3.63) is 77.1 Å². The van der Waals surface area contributed by atoms with Crippen LogP contribution in [0.4, 0.5) is 22.8 Å². The molecule has 2 fully saturated rings. The second kappa shape index (κ2) is 15.8. The first-order valence-corrected chi connectivity index (χ1v) is 19.9. The Morgan fingerprint density at radius 3 is 2.48 bits per heavy atom. The van der Waals surface area contributed by atoms with E-state index in [1.165, 1.54) is 17.0 Å². The molecule has 3 aliphatic heterocycles. The minimum atomic E-state index is -4.88. The van der Waals surface area contributed by atoms with Crippen molar-refractivity contribution in [1.82, 2.24) is 25.2 Å². The van der Waals surface area contributed by atoms with E-state index in [0.717, 1.165) is 11.0 Å². The zero-order valence-corrected chi connectivity index (χ0v) is 31.9. The fraction of sp³-hybridized carbons (Fsp3) is 0.500. The third-order valence-corrected chi connectivity index (χ3v) is 11.6. The molecule has 3 N–H and O–H groups in total. The fourth-order valence-electron chi connectivity index (χ4n) is 7.30. The van der Waals surface area contributed by atoms with Crippen LogP contribution < -0.4 is 15.4 Å². The summed E-state index contributed by atoms with van der Waals surface area (Å²) in [6.45, 7) is 4.70. The van der Waals surface area contributed by atoms with E-state index >= 15 is 0 Å². The average molecular weight is 804 g/mol. The Bertz CT molecular complexity index is 2060. The highest BCUT2D eigenvalue weighted by Gasteiger charge is 2.62. The van der Waals surface area contributed by atoms with E-state index in [2.05, 4.69) is 10.6 Å². The summed E-state index contributed by atoms with van der Waals surface area (Å²) in [5.74, 6) is -6.37. The Morgan fingerprint density at radius 1 is 1.00 bits per heavy atom. The molecule has 1 aliphatic carbocycles. The van der Waals surface area contributed by atoms with Gasteiger partial charge in [-0.3, -0.25) is 19.3 Å². The summed E-state index contributed by atoms with van der Waals surface area (Å²) in [5.41, 5.74) is -1.79.